The highest BCUT2D eigenvalue weighted by Crippen LogP contribution is 2.13. The van der Waals surface area contributed by atoms with Gasteiger partial charge in [-0.15, -0.1) is 0 Å². The number of hydrogen-bond acceptors (Lipinski definition) is 3. The predicted octanol–water partition coefficient (Wildman–Crippen LogP) is 0.791. The summed E-state index contributed by atoms with van der Waals surface area (Å²) < 4.78 is 10.9. The lowest BCUT2D eigenvalue weighted by Crippen LogP contribution is -2.27. The van der Waals surface area contributed by atoms with Crippen LogP contribution >= 0.6 is 0 Å². The lowest BCUT2D eigenvalue weighted by Gasteiger charge is -2.12. The first-order valence-corrected chi connectivity index (χ1v) is 5.34. The van der Waals surface area contributed by atoms with E-state index < -0.39 is 0 Å². The van der Waals surface area contributed by atoms with Gasteiger partial charge in [-0.25, -0.2) is 0 Å². The molecule has 0 aromatic heterocycles. The van der Waals surface area contributed by atoms with Crippen molar-refractivity contribution in [2.45, 2.75) is 25.3 Å². The van der Waals surface area contributed by atoms with Crippen molar-refractivity contribution in [3.05, 3.63) is 0 Å². The zero-order valence-corrected chi connectivity index (χ0v) is 8.13. The molecule has 0 aromatic carbocycles. The minimum atomic E-state index is 0.613. The van der Waals surface area contributed by atoms with E-state index in [9.17, 15) is 0 Å². The Bertz CT molecular complexity index is 124. The van der Waals surface area contributed by atoms with Gasteiger partial charge in [0, 0.05) is 18.6 Å². The van der Waals surface area contributed by atoms with E-state index in [2.05, 4.69) is 5.32 Å². The fourth-order valence-electron chi connectivity index (χ4n) is 1.99. The van der Waals surface area contributed by atoms with Crippen LogP contribution in [0.15, 0.2) is 0 Å². The summed E-state index contributed by atoms with van der Waals surface area (Å²) in [7, 11) is 0. The summed E-state index contributed by atoms with van der Waals surface area (Å²) >= 11 is 0. The Morgan fingerprint density at radius 3 is 3.00 bits per heavy atom. The zero-order chi connectivity index (χ0) is 8.93. The van der Waals surface area contributed by atoms with Gasteiger partial charge < -0.3 is 14.8 Å². The van der Waals surface area contributed by atoms with E-state index in [0.29, 0.717) is 12.0 Å². The second-order valence-electron chi connectivity index (χ2n) is 4.06. The van der Waals surface area contributed by atoms with Crippen molar-refractivity contribution in [1.82, 2.24) is 5.32 Å². The molecule has 76 valence electrons. The number of ether oxygens (including phenoxy) is 2. The standard InChI is InChI=1S/C10H19NO2/c1-2-10(11-4-1)8-13-7-9-3-5-12-6-9/h9-11H,1-8H2/t9?,10-/m1/s1. The van der Waals surface area contributed by atoms with Crippen LogP contribution in [0.2, 0.25) is 0 Å². The first-order valence-electron chi connectivity index (χ1n) is 5.34. The van der Waals surface area contributed by atoms with E-state index >= 15 is 0 Å². The summed E-state index contributed by atoms with van der Waals surface area (Å²) in [5.41, 5.74) is 0. The third-order valence-corrected chi connectivity index (χ3v) is 2.86. The molecule has 0 amide bonds. The van der Waals surface area contributed by atoms with Crippen molar-refractivity contribution < 1.29 is 9.47 Å². The Morgan fingerprint density at radius 2 is 2.31 bits per heavy atom. The summed E-state index contributed by atoms with van der Waals surface area (Å²) in [5.74, 6) is 0.654. The minimum absolute atomic E-state index is 0.613. The molecule has 2 heterocycles. The van der Waals surface area contributed by atoms with Crippen LogP contribution in [0.25, 0.3) is 0 Å². The molecule has 0 spiro atoms. The molecule has 0 radical (unpaired) electrons. The molecule has 2 aliphatic rings. The maximum atomic E-state index is 5.66. The molecular formula is C10H19NO2. The lowest BCUT2D eigenvalue weighted by molar-refractivity contribution is 0.0778. The van der Waals surface area contributed by atoms with Gasteiger partial charge in [-0.1, -0.05) is 0 Å². The molecule has 3 heteroatoms. The van der Waals surface area contributed by atoms with Crippen LogP contribution in [0.5, 0.6) is 0 Å². The molecule has 0 aromatic rings. The topological polar surface area (TPSA) is 30.5 Å². The van der Waals surface area contributed by atoms with Gasteiger partial charge in [0.25, 0.3) is 0 Å². The van der Waals surface area contributed by atoms with Crippen LogP contribution in [0.3, 0.4) is 0 Å². The highest BCUT2D eigenvalue weighted by molar-refractivity contribution is 4.73. The van der Waals surface area contributed by atoms with Gasteiger partial charge in [0.15, 0.2) is 0 Å². The van der Waals surface area contributed by atoms with Crippen molar-refractivity contribution in [2.24, 2.45) is 5.92 Å². The minimum Gasteiger partial charge on any atom is -0.381 e. The Labute approximate surface area is 79.8 Å². The second kappa shape index (κ2) is 4.94. The van der Waals surface area contributed by atoms with E-state index in [1.165, 1.54) is 25.8 Å². The molecule has 2 saturated heterocycles. The van der Waals surface area contributed by atoms with E-state index in [4.69, 9.17) is 9.47 Å². The molecule has 1 unspecified atom stereocenters. The molecule has 0 bridgehead atoms. The van der Waals surface area contributed by atoms with E-state index in [1.54, 1.807) is 0 Å². The zero-order valence-electron chi connectivity index (χ0n) is 8.13. The van der Waals surface area contributed by atoms with Crippen LogP contribution < -0.4 is 5.32 Å². The highest BCUT2D eigenvalue weighted by Gasteiger charge is 2.18. The SMILES string of the molecule is C1CN[C@@H](COCC2CCOC2)C1. The largest absolute Gasteiger partial charge is 0.381 e. The Balaban J connectivity index is 1.52. The molecule has 2 fully saturated rings. The molecule has 3 nitrogen and oxygen atoms in total. The predicted molar refractivity (Wildman–Crippen MR) is 50.8 cm³/mol. The third kappa shape index (κ3) is 2.93. The lowest BCUT2D eigenvalue weighted by atomic mass is 10.1. The molecule has 2 atom stereocenters. The molecule has 13 heavy (non-hydrogen) atoms. The Morgan fingerprint density at radius 1 is 1.31 bits per heavy atom. The summed E-state index contributed by atoms with van der Waals surface area (Å²) in [5, 5.41) is 3.43. The number of hydrogen-bond donors (Lipinski definition) is 1. The molecule has 1 N–H and O–H groups in total. The molecule has 2 rings (SSSR count). The molecule has 0 aliphatic carbocycles. The van der Waals surface area contributed by atoms with Crippen LogP contribution in [0.1, 0.15) is 19.3 Å². The highest BCUT2D eigenvalue weighted by atomic mass is 16.5. The third-order valence-electron chi connectivity index (χ3n) is 2.86. The van der Waals surface area contributed by atoms with E-state index in [-0.39, 0.29) is 0 Å². The normalized spacial score (nSPS) is 34.2. The van der Waals surface area contributed by atoms with Gasteiger partial charge in [-0.05, 0) is 25.8 Å². The van der Waals surface area contributed by atoms with Crippen LogP contribution in [-0.2, 0) is 9.47 Å². The molecular weight excluding hydrogens is 166 g/mol. The van der Waals surface area contributed by atoms with Gasteiger partial charge in [0.2, 0.25) is 0 Å². The van der Waals surface area contributed by atoms with Gasteiger partial charge in [-0.2, -0.15) is 0 Å². The average Bonchev–Trinajstić information content (AvgIpc) is 2.75. The van der Waals surface area contributed by atoms with Gasteiger partial charge in [0.1, 0.15) is 0 Å². The van der Waals surface area contributed by atoms with Crippen molar-refractivity contribution in [2.75, 3.05) is 33.0 Å². The molecule has 0 saturated carbocycles. The number of rotatable bonds is 4. The van der Waals surface area contributed by atoms with Crippen molar-refractivity contribution >= 4 is 0 Å². The average molecular weight is 185 g/mol. The van der Waals surface area contributed by atoms with E-state index in [0.717, 1.165) is 26.4 Å². The summed E-state index contributed by atoms with van der Waals surface area (Å²) in [6.07, 6.45) is 3.76. The molecule has 2 aliphatic heterocycles. The van der Waals surface area contributed by atoms with Crippen molar-refractivity contribution in [3.8, 4) is 0 Å². The van der Waals surface area contributed by atoms with Gasteiger partial charge >= 0.3 is 0 Å². The summed E-state index contributed by atoms with van der Waals surface area (Å²) in [4.78, 5) is 0. The quantitative estimate of drug-likeness (QED) is 0.702. The first kappa shape index (κ1) is 9.44. The van der Waals surface area contributed by atoms with Gasteiger partial charge in [0.05, 0.1) is 19.8 Å². The first-order chi connectivity index (χ1) is 6.45. The Kier molecular flexibility index (Phi) is 3.58. The van der Waals surface area contributed by atoms with Crippen molar-refractivity contribution in [1.29, 1.82) is 0 Å². The number of nitrogens with one attached hydrogen (secondary N) is 1. The maximum absolute atomic E-state index is 5.66. The Hall–Kier alpha value is -0.120. The van der Waals surface area contributed by atoms with Crippen molar-refractivity contribution in [3.63, 3.8) is 0 Å². The van der Waals surface area contributed by atoms with Crippen LogP contribution in [0, 0.1) is 5.92 Å². The van der Waals surface area contributed by atoms with Crippen LogP contribution in [-0.4, -0.2) is 39.0 Å². The van der Waals surface area contributed by atoms with E-state index in [1.807, 2.05) is 0 Å². The van der Waals surface area contributed by atoms with Gasteiger partial charge in [-0.3, -0.25) is 0 Å². The summed E-state index contributed by atoms with van der Waals surface area (Å²) in [6.45, 7) is 4.77. The second-order valence-corrected chi connectivity index (χ2v) is 4.06. The summed E-state index contributed by atoms with van der Waals surface area (Å²) in [6, 6.07) is 0.613. The fraction of sp³-hybridized carbons (Fsp3) is 1.00. The maximum Gasteiger partial charge on any atom is 0.0619 e. The smallest absolute Gasteiger partial charge is 0.0619 e. The fourth-order valence-corrected chi connectivity index (χ4v) is 1.99. The monoisotopic (exact) mass is 185 g/mol. The van der Waals surface area contributed by atoms with Crippen LogP contribution in [0.4, 0.5) is 0 Å².